The number of carbonyl (C=O) groups excluding carboxylic acids is 1. The number of aryl methyl sites for hydroxylation is 2. The van der Waals surface area contributed by atoms with Gasteiger partial charge < -0.3 is 19.2 Å². The molecule has 0 unspecified atom stereocenters. The van der Waals surface area contributed by atoms with Crippen molar-refractivity contribution in [3.63, 3.8) is 0 Å². The van der Waals surface area contributed by atoms with E-state index in [0.29, 0.717) is 29.3 Å². The van der Waals surface area contributed by atoms with Crippen LogP contribution in [0.4, 0.5) is 0 Å². The van der Waals surface area contributed by atoms with Crippen molar-refractivity contribution in [3.05, 3.63) is 76.1 Å². The maximum Gasteiger partial charge on any atom is 0.268 e. The molecule has 1 aliphatic rings. The van der Waals surface area contributed by atoms with Crippen LogP contribution < -0.4 is 20.3 Å². The number of rotatable bonds is 6. The summed E-state index contributed by atoms with van der Waals surface area (Å²) in [6.07, 6.45) is 4.73. The van der Waals surface area contributed by atoms with Crippen LogP contribution in [-0.2, 0) is 6.42 Å². The molecule has 0 atom stereocenters. The highest BCUT2D eigenvalue weighted by Crippen LogP contribution is 2.33. The molecule has 1 N–H and O–H groups in total. The molecular weight excluding hydrogens is 360 g/mol. The Labute approximate surface area is 161 Å². The van der Waals surface area contributed by atoms with Crippen molar-refractivity contribution >= 4 is 5.91 Å². The predicted molar refractivity (Wildman–Crippen MR) is 102 cm³/mol. The molecule has 0 spiro atoms. The van der Waals surface area contributed by atoms with Crippen molar-refractivity contribution in [2.75, 3.05) is 13.3 Å². The Balaban J connectivity index is 1.51. The summed E-state index contributed by atoms with van der Waals surface area (Å²) in [6.45, 7) is 2.37. The quantitative estimate of drug-likeness (QED) is 0.665. The minimum atomic E-state index is -0.378. The van der Waals surface area contributed by atoms with Gasteiger partial charge in [-0.25, -0.2) is 0 Å². The average molecular weight is 380 g/mol. The minimum absolute atomic E-state index is 0.137. The Kier molecular flexibility index (Phi) is 4.89. The van der Waals surface area contributed by atoms with Gasteiger partial charge in [-0.05, 0) is 49.2 Å². The number of furan rings is 1. The van der Waals surface area contributed by atoms with Crippen LogP contribution in [0.15, 0.2) is 58.1 Å². The lowest BCUT2D eigenvalue weighted by Crippen LogP contribution is -2.34. The van der Waals surface area contributed by atoms with Gasteiger partial charge in [-0.1, -0.05) is 0 Å². The molecule has 1 amide bonds. The Hall–Kier alpha value is -3.48. The smallest absolute Gasteiger partial charge is 0.268 e. The fourth-order valence-corrected chi connectivity index (χ4v) is 3.15. The van der Waals surface area contributed by atoms with Gasteiger partial charge in [0.2, 0.25) is 6.79 Å². The Morgan fingerprint density at radius 3 is 2.86 bits per heavy atom. The molecule has 0 bridgehead atoms. The standard InChI is InChI=1S/C21H20N2O5/c1-14-8-10-23(15-6-7-17-18(12-15)28-13-27-17)21(25)19(14)20(24)22-9-2-4-16-5-3-11-26-16/h3,5-8,10-12H,2,4,9,13H2,1H3,(H,22,24). The molecular formula is C21H20N2O5. The Morgan fingerprint density at radius 2 is 2.04 bits per heavy atom. The SMILES string of the molecule is Cc1ccn(-c2ccc3c(c2)OCO3)c(=O)c1C(=O)NCCCc1ccco1. The number of benzene rings is 1. The lowest BCUT2D eigenvalue weighted by molar-refractivity contribution is 0.0950. The van der Waals surface area contributed by atoms with E-state index in [0.717, 1.165) is 18.6 Å². The molecule has 2 aromatic heterocycles. The highest BCUT2D eigenvalue weighted by Gasteiger charge is 2.18. The third kappa shape index (κ3) is 3.51. The second kappa shape index (κ2) is 7.64. The molecule has 0 saturated carbocycles. The zero-order valence-corrected chi connectivity index (χ0v) is 15.4. The Bertz CT molecular complexity index is 1050. The van der Waals surface area contributed by atoms with Gasteiger partial charge in [-0.2, -0.15) is 0 Å². The molecule has 0 fully saturated rings. The van der Waals surface area contributed by atoms with Crippen LogP contribution in [0.2, 0.25) is 0 Å². The molecule has 144 valence electrons. The normalized spacial score (nSPS) is 12.2. The summed E-state index contributed by atoms with van der Waals surface area (Å²) in [5.74, 6) is 1.71. The molecule has 7 heteroatoms. The number of nitrogens with one attached hydrogen (secondary N) is 1. The Morgan fingerprint density at radius 1 is 1.18 bits per heavy atom. The first kappa shape index (κ1) is 17.9. The minimum Gasteiger partial charge on any atom is -0.469 e. The number of pyridine rings is 1. The summed E-state index contributed by atoms with van der Waals surface area (Å²) in [5, 5.41) is 2.82. The number of nitrogens with zero attached hydrogens (tertiary/aromatic N) is 1. The summed E-state index contributed by atoms with van der Waals surface area (Å²) < 4.78 is 17.4. The molecule has 0 saturated heterocycles. The van der Waals surface area contributed by atoms with Gasteiger partial charge in [0.1, 0.15) is 11.3 Å². The number of amides is 1. The highest BCUT2D eigenvalue weighted by molar-refractivity contribution is 5.95. The first-order valence-electron chi connectivity index (χ1n) is 9.06. The molecule has 0 aliphatic carbocycles. The monoisotopic (exact) mass is 380 g/mol. The topological polar surface area (TPSA) is 82.7 Å². The van der Waals surface area contributed by atoms with E-state index in [1.165, 1.54) is 4.57 Å². The van der Waals surface area contributed by atoms with Crippen molar-refractivity contribution in [1.29, 1.82) is 0 Å². The number of ether oxygens (including phenoxy) is 2. The fourth-order valence-electron chi connectivity index (χ4n) is 3.15. The third-order valence-corrected chi connectivity index (χ3v) is 4.63. The third-order valence-electron chi connectivity index (χ3n) is 4.63. The van der Waals surface area contributed by atoms with Crippen LogP contribution in [0, 0.1) is 6.92 Å². The summed E-state index contributed by atoms with van der Waals surface area (Å²) in [5.41, 5.74) is 1.01. The molecule has 1 aromatic carbocycles. The van der Waals surface area contributed by atoms with Gasteiger partial charge in [0.25, 0.3) is 11.5 Å². The number of carbonyl (C=O) groups is 1. The summed E-state index contributed by atoms with van der Waals surface area (Å²) in [6, 6.07) is 10.7. The summed E-state index contributed by atoms with van der Waals surface area (Å²) in [7, 11) is 0. The zero-order chi connectivity index (χ0) is 19.5. The van der Waals surface area contributed by atoms with Crippen LogP contribution in [0.5, 0.6) is 11.5 Å². The van der Waals surface area contributed by atoms with Gasteiger partial charge in [0, 0.05) is 25.2 Å². The van der Waals surface area contributed by atoms with Gasteiger partial charge in [-0.15, -0.1) is 0 Å². The lowest BCUT2D eigenvalue weighted by Gasteiger charge is -2.11. The highest BCUT2D eigenvalue weighted by atomic mass is 16.7. The second-order valence-corrected chi connectivity index (χ2v) is 6.53. The molecule has 3 heterocycles. The van der Waals surface area contributed by atoms with Gasteiger partial charge >= 0.3 is 0 Å². The first-order chi connectivity index (χ1) is 13.6. The number of hydrogen-bond donors (Lipinski definition) is 1. The molecule has 3 aromatic rings. The number of fused-ring (bicyclic) bond motifs is 1. The average Bonchev–Trinajstić information content (AvgIpc) is 3.36. The molecule has 1 aliphatic heterocycles. The van der Waals surface area contributed by atoms with Gasteiger partial charge in [0.05, 0.1) is 12.0 Å². The maximum absolute atomic E-state index is 13.0. The fraction of sp³-hybridized carbons (Fsp3) is 0.238. The summed E-state index contributed by atoms with van der Waals surface area (Å²) >= 11 is 0. The van der Waals surface area contributed by atoms with Crippen molar-refractivity contribution < 1.29 is 18.7 Å². The van der Waals surface area contributed by atoms with E-state index in [1.54, 1.807) is 43.6 Å². The van der Waals surface area contributed by atoms with Gasteiger partial charge in [0.15, 0.2) is 11.5 Å². The van der Waals surface area contributed by atoms with Crippen molar-refractivity contribution in [1.82, 2.24) is 9.88 Å². The van der Waals surface area contributed by atoms with Crippen LogP contribution in [0.1, 0.15) is 28.1 Å². The van der Waals surface area contributed by atoms with E-state index < -0.39 is 0 Å². The van der Waals surface area contributed by atoms with E-state index in [9.17, 15) is 9.59 Å². The lowest BCUT2D eigenvalue weighted by atomic mass is 10.1. The molecule has 0 radical (unpaired) electrons. The molecule has 4 rings (SSSR count). The van der Waals surface area contributed by atoms with E-state index in [-0.39, 0.29) is 23.8 Å². The maximum atomic E-state index is 13.0. The van der Waals surface area contributed by atoms with Gasteiger partial charge in [-0.3, -0.25) is 14.2 Å². The van der Waals surface area contributed by atoms with Crippen molar-refractivity contribution in [3.8, 4) is 17.2 Å². The number of aromatic nitrogens is 1. The van der Waals surface area contributed by atoms with Crippen LogP contribution >= 0.6 is 0 Å². The molecule has 28 heavy (non-hydrogen) atoms. The zero-order valence-electron chi connectivity index (χ0n) is 15.4. The van der Waals surface area contributed by atoms with E-state index in [2.05, 4.69) is 5.32 Å². The molecule has 7 nitrogen and oxygen atoms in total. The van der Waals surface area contributed by atoms with E-state index >= 15 is 0 Å². The largest absolute Gasteiger partial charge is 0.469 e. The van der Waals surface area contributed by atoms with Crippen molar-refractivity contribution in [2.45, 2.75) is 19.8 Å². The van der Waals surface area contributed by atoms with Crippen molar-refractivity contribution in [2.24, 2.45) is 0 Å². The van der Waals surface area contributed by atoms with E-state index in [4.69, 9.17) is 13.9 Å². The predicted octanol–water partition coefficient (Wildman–Crippen LogP) is 2.83. The second-order valence-electron chi connectivity index (χ2n) is 6.53. The van der Waals surface area contributed by atoms with Crippen LogP contribution in [-0.4, -0.2) is 23.8 Å². The number of hydrogen-bond acceptors (Lipinski definition) is 5. The summed E-state index contributed by atoms with van der Waals surface area (Å²) in [4.78, 5) is 25.6. The van der Waals surface area contributed by atoms with E-state index in [1.807, 2.05) is 12.1 Å². The van der Waals surface area contributed by atoms with Crippen LogP contribution in [0.25, 0.3) is 5.69 Å². The van der Waals surface area contributed by atoms with Crippen LogP contribution in [0.3, 0.4) is 0 Å². The first-order valence-corrected chi connectivity index (χ1v) is 9.06.